The standard InChI is InChI=1S/C25H34N6O5S/c1-5-29(24(33)36-25(2,3)4)16-19-28-21-22(17-8-6-7-9-18(17)27-23(21)26)31(19)11-10-20(32)30-12-14-37(34,35)15-13-30/h6-9H,5,10-16H2,1-4H3,(H2,26,27). The normalized spacial score (nSPS) is 15.7. The topological polar surface area (TPSA) is 141 Å². The van der Waals surface area contributed by atoms with Crippen molar-refractivity contribution in [1.29, 1.82) is 0 Å². The SMILES string of the molecule is CCN(Cc1nc2c(N)nc3ccccc3c2n1CCC(=O)N1CCS(=O)(=O)CC1)C(=O)OC(C)(C)C. The highest BCUT2D eigenvalue weighted by Crippen LogP contribution is 2.30. The van der Waals surface area contributed by atoms with Gasteiger partial charge in [-0.1, -0.05) is 18.2 Å². The Balaban J connectivity index is 1.70. The quantitative estimate of drug-likeness (QED) is 0.513. The number of carbonyl (C=O) groups excluding carboxylic acids is 2. The van der Waals surface area contributed by atoms with Gasteiger partial charge in [-0.3, -0.25) is 4.79 Å². The van der Waals surface area contributed by atoms with E-state index in [1.165, 1.54) is 0 Å². The van der Waals surface area contributed by atoms with Crippen LogP contribution in [-0.2, 0) is 32.5 Å². The molecule has 0 saturated carbocycles. The Morgan fingerprint density at radius 1 is 1.14 bits per heavy atom. The third kappa shape index (κ3) is 5.95. The first-order valence-corrected chi connectivity index (χ1v) is 14.2. The van der Waals surface area contributed by atoms with E-state index in [1.54, 1.807) is 9.80 Å². The fourth-order valence-corrected chi connectivity index (χ4v) is 5.60. The van der Waals surface area contributed by atoms with E-state index in [0.717, 1.165) is 10.9 Å². The molecule has 3 heterocycles. The van der Waals surface area contributed by atoms with E-state index < -0.39 is 21.5 Å². The van der Waals surface area contributed by atoms with Gasteiger partial charge in [0.25, 0.3) is 0 Å². The van der Waals surface area contributed by atoms with Crippen molar-refractivity contribution in [2.45, 2.75) is 52.8 Å². The fraction of sp³-hybridized carbons (Fsp3) is 0.520. The van der Waals surface area contributed by atoms with Gasteiger partial charge >= 0.3 is 6.09 Å². The summed E-state index contributed by atoms with van der Waals surface area (Å²) in [5.41, 5.74) is 7.58. The number of ether oxygens (including phenoxy) is 1. The van der Waals surface area contributed by atoms with Crippen LogP contribution in [0.2, 0.25) is 0 Å². The summed E-state index contributed by atoms with van der Waals surface area (Å²) in [7, 11) is -3.09. The largest absolute Gasteiger partial charge is 0.444 e. The van der Waals surface area contributed by atoms with E-state index in [0.29, 0.717) is 23.4 Å². The number of anilines is 1. The Morgan fingerprint density at radius 2 is 1.81 bits per heavy atom. The molecule has 11 nitrogen and oxygen atoms in total. The van der Waals surface area contributed by atoms with Gasteiger partial charge in [-0.05, 0) is 33.8 Å². The minimum atomic E-state index is -3.09. The van der Waals surface area contributed by atoms with Gasteiger partial charge in [-0.15, -0.1) is 0 Å². The molecule has 12 heteroatoms. The minimum absolute atomic E-state index is 0.0216. The molecule has 0 atom stereocenters. The van der Waals surface area contributed by atoms with Gasteiger partial charge in [0, 0.05) is 38.0 Å². The molecule has 37 heavy (non-hydrogen) atoms. The van der Waals surface area contributed by atoms with Gasteiger partial charge in [0.15, 0.2) is 15.7 Å². The molecule has 4 rings (SSSR count). The molecule has 2 aromatic heterocycles. The van der Waals surface area contributed by atoms with E-state index in [2.05, 4.69) is 4.98 Å². The summed E-state index contributed by atoms with van der Waals surface area (Å²) in [6, 6.07) is 7.56. The maximum Gasteiger partial charge on any atom is 0.410 e. The molecule has 0 radical (unpaired) electrons. The Labute approximate surface area is 216 Å². The molecule has 3 aromatic rings. The molecule has 1 aliphatic heterocycles. The summed E-state index contributed by atoms with van der Waals surface area (Å²) >= 11 is 0. The van der Waals surface area contributed by atoms with Crippen molar-refractivity contribution in [1.82, 2.24) is 24.3 Å². The van der Waals surface area contributed by atoms with Gasteiger partial charge in [0.2, 0.25) is 5.91 Å². The van der Waals surface area contributed by atoms with Gasteiger partial charge in [0.05, 0.1) is 29.1 Å². The molecule has 2 N–H and O–H groups in total. The van der Waals surface area contributed by atoms with Gasteiger partial charge in [-0.25, -0.2) is 23.2 Å². The number of carbonyl (C=O) groups is 2. The summed E-state index contributed by atoms with van der Waals surface area (Å²) in [6.07, 6.45) is -0.316. The first-order valence-electron chi connectivity index (χ1n) is 12.4. The molecular weight excluding hydrogens is 496 g/mol. The van der Waals surface area contributed by atoms with E-state index in [-0.39, 0.29) is 55.8 Å². The van der Waals surface area contributed by atoms with Crippen molar-refractivity contribution < 1.29 is 22.7 Å². The van der Waals surface area contributed by atoms with E-state index in [9.17, 15) is 18.0 Å². The number of benzene rings is 1. The number of nitrogens with two attached hydrogens (primary N) is 1. The number of amides is 2. The molecular formula is C25H34N6O5S. The smallest absolute Gasteiger partial charge is 0.410 e. The van der Waals surface area contributed by atoms with Crippen LogP contribution >= 0.6 is 0 Å². The number of fused-ring (bicyclic) bond motifs is 3. The molecule has 1 aromatic carbocycles. The zero-order valence-electron chi connectivity index (χ0n) is 21.7. The molecule has 0 bridgehead atoms. The van der Waals surface area contributed by atoms with E-state index in [4.69, 9.17) is 15.5 Å². The summed E-state index contributed by atoms with van der Waals surface area (Å²) < 4.78 is 31.0. The molecule has 200 valence electrons. The maximum atomic E-state index is 13.0. The molecule has 0 aliphatic carbocycles. The minimum Gasteiger partial charge on any atom is -0.444 e. The number of hydrogen-bond donors (Lipinski definition) is 1. The number of imidazole rings is 1. The van der Waals surface area contributed by atoms with Crippen molar-refractivity contribution in [3.05, 3.63) is 30.1 Å². The van der Waals surface area contributed by atoms with Crippen LogP contribution in [0.5, 0.6) is 0 Å². The second-order valence-corrected chi connectivity index (χ2v) is 12.5. The number of nitrogen functional groups attached to an aromatic ring is 1. The molecule has 1 aliphatic rings. The summed E-state index contributed by atoms with van der Waals surface area (Å²) in [5.74, 6) is 0.648. The number of para-hydroxylation sites is 1. The number of hydrogen-bond acceptors (Lipinski definition) is 8. The van der Waals surface area contributed by atoms with Crippen molar-refractivity contribution in [3.8, 4) is 0 Å². The number of nitrogens with zero attached hydrogens (tertiary/aromatic N) is 5. The third-order valence-electron chi connectivity index (χ3n) is 6.30. The predicted molar refractivity (Wildman–Crippen MR) is 142 cm³/mol. The first kappa shape index (κ1) is 26.6. The van der Waals surface area contributed by atoms with E-state index >= 15 is 0 Å². The molecule has 1 fully saturated rings. The van der Waals surface area contributed by atoms with Gasteiger partial charge in [-0.2, -0.15) is 0 Å². The highest BCUT2D eigenvalue weighted by atomic mass is 32.2. The molecule has 1 saturated heterocycles. The number of sulfone groups is 1. The van der Waals surface area contributed by atoms with Crippen LogP contribution in [0.15, 0.2) is 24.3 Å². The average Bonchev–Trinajstić information content (AvgIpc) is 3.18. The zero-order chi connectivity index (χ0) is 27.0. The van der Waals surface area contributed by atoms with Crippen LogP contribution in [0, 0.1) is 0 Å². The number of aromatic nitrogens is 3. The van der Waals surface area contributed by atoms with Crippen LogP contribution < -0.4 is 5.73 Å². The summed E-state index contributed by atoms with van der Waals surface area (Å²) in [6.45, 7) is 8.51. The first-order chi connectivity index (χ1) is 17.4. The lowest BCUT2D eigenvalue weighted by atomic mass is 10.2. The number of pyridine rings is 1. The fourth-order valence-electron chi connectivity index (χ4n) is 4.40. The van der Waals surface area contributed by atoms with Crippen molar-refractivity contribution in [2.24, 2.45) is 0 Å². The third-order valence-corrected chi connectivity index (χ3v) is 7.91. The zero-order valence-corrected chi connectivity index (χ0v) is 22.5. The second-order valence-electron chi connectivity index (χ2n) is 10.2. The molecule has 2 amide bonds. The monoisotopic (exact) mass is 530 g/mol. The van der Waals surface area contributed by atoms with Crippen LogP contribution in [0.4, 0.5) is 10.6 Å². The van der Waals surface area contributed by atoms with Crippen LogP contribution in [-0.4, -0.2) is 81.5 Å². The van der Waals surface area contributed by atoms with Crippen molar-refractivity contribution in [2.75, 3.05) is 36.9 Å². The average molecular weight is 531 g/mol. The van der Waals surface area contributed by atoms with Crippen LogP contribution in [0.1, 0.15) is 39.9 Å². The maximum absolute atomic E-state index is 13.0. The number of aryl methyl sites for hydroxylation is 1. The van der Waals surface area contributed by atoms with E-state index in [1.807, 2.05) is 56.5 Å². The highest BCUT2D eigenvalue weighted by molar-refractivity contribution is 7.91. The summed E-state index contributed by atoms with van der Waals surface area (Å²) in [5, 5.41) is 0.835. The summed E-state index contributed by atoms with van der Waals surface area (Å²) in [4.78, 5) is 38.2. The van der Waals surface area contributed by atoms with Crippen LogP contribution in [0.3, 0.4) is 0 Å². The lowest BCUT2D eigenvalue weighted by Crippen LogP contribution is -2.44. The Kier molecular flexibility index (Phi) is 7.31. The lowest BCUT2D eigenvalue weighted by molar-refractivity contribution is -0.131. The molecule has 0 unspecified atom stereocenters. The van der Waals surface area contributed by atoms with Crippen molar-refractivity contribution >= 4 is 49.6 Å². The number of rotatable bonds is 6. The highest BCUT2D eigenvalue weighted by Gasteiger charge is 2.27. The van der Waals surface area contributed by atoms with Gasteiger partial charge in [0.1, 0.15) is 16.9 Å². The second kappa shape index (κ2) is 10.2. The Bertz CT molecular complexity index is 1430. The van der Waals surface area contributed by atoms with Gasteiger partial charge < -0.3 is 24.8 Å². The predicted octanol–water partition coefficient (Wildman–Crippen LogP) is 2.57. The lowest BCUT2D eigenvalue weighted by Gasteiger charge is -2.27. The Morgan fingerprint density at radius 3 is 2.46 bits per heavy atom. The van der Waals surface area contributed by atoms with Crippen molar-refractivity contribution in [3.63, 3.8) is 0 Å². The molecule has 0 spiro atoms. The Hall–Kier alpha value is -3.41. The van der Waals surface area contributed by atoms with Crippen LogP contribution in [0.25, 0.3) is 21.9 Å².